The van der Waals surface area contributed by atoms with E-state index in [2.05, 4.69) is 163 Å². The molecule has 0 radical (unpaired) electrons. The van der Waals surface area contributed by atoms with Crippen LogP contribution in [0.4, 0.5) is 0 Å². The normalized spacial score (nSPS) is 14.1. The molecule has 284 valence electrons. The van der Waals surface area contributed by atoms with Gasteiger partial charge in [-0.05, 0) is 0 Å². The standard InChI is InChI=1S/2C9H11.2C8H11.2C8H8.2ClH.2Zr/c2*1-2-5-9-7-3-6-8(9)4-1;2*1-7(2)8-5-3-4-6-8;2*1-2-8-6-4-3-5-7-8;;;;/h2*3,6-7H,1-2,4-5H2;2*5-7H,3H2,1-2H3;2*3-7H,1H3;2*1H;;/q4*-1;;;;;2*+2/p-2. The number of fused-ring (bicyclic) bond motifs is 2. The van der Waals surface area contributed by atoms with E-state index in [1.807, 2.05) is 12.1 Å². The molecule has 0 aliphatic heterocycles. The molecule has 0 fully saturated rings. The first kappa shape index (κ1) is 50.2. The summed E-state index contributed by atoms with van der Waals surface area (Å²) >= 11 is 3.01. The van der Waals surface area contributed by atoms with Gasteiger partial charge in [0.25, 0.3) is 0 Å². The van der Waals surface area contributed by atoms with Crippen LogP contribution >= 0.6 is 0 Å². The second-order valence-electron chi connectivity index (χ2n) is 14.4. The molecule has 4 aromatic rings. The fourth-order valence-corrected chi connectivity index (χ4v) is 7.05. The van der Waals surface area contributed by atoms with Crippen LogP contribution in [-0.2, 0) is 74.2 Å². The molecule has 54 heavy (non-hydrogen) atoms. The Labute approximate surface area is 371 Å². The number of hydrogen-bond donors (Lipinski definition) is 0. The minimum absolute atomic E-state index is 0. The first-order valence-electron chi connectivity index (χ1n) is 19.4. The van der Waals surface area contributed by atoms with Gasteiger partial charge in [-0.25, -0.2) is 24.3 Å². The molecule has 8 rings (SSSR count). The Morgan fingerprint density at radius 1 is 0.537 bits per heavy atom. The van der Waals surface area contributed by atoms with Gasteiger partial charge in [0.05, 0.1) is 0 Å². The second-order valence-corrected chi connectivity index (χ2v) is 18.1. The minimum Gasteiger partial charge on any atom is -1.00 e. The molecule has 0 bridgehead atoms. The van der Waals surface area contributed by atoms with Crippen molar-refractivity contribution in [1.82, 2.24) is 0 Å². The van der Waals surface area contributed by atoms with Crippen molar-refractivity contribution in [3.05, 3.63) is 178 Å². The average Bonchev–Trinajstić information content (AvgIpc) is 4.02. The summed E-state index contributed by atoms with van der Waals surface area (Å²) < 4.78 is 2.92. The summed E-state index contributed by atoms with van der Waals surface area (Å²) in [7, 11) is 0. The fraction of sp³-hybridized carbons (Fsp3) is 0.360. The van der Waals surface area contributed by atoms with Gasteiger partial charge in [0, 0.05) is 0 Å². The molecule has 0 saturated heterocycles. The van der Waals surface area contributed by atoms with Crippen molar-refractivity contribution in [3.8, 4) is 0 Å². The first-order valence-corrected chi connectivity index (χ1v) is 21.8. The molecule has 0 aromatic heterocycles. The Balaban J connectivity index is 0.000000322. The molecular weight excluding hydrogens is 854 g/mol. The molecule has 0 heterocycles. The van der Waals surface area contributed by atoms with Gasteiger partial charge in [0.1, 0.15) is 0 Å². The van der Waals surface area contributed by atoms with Crippen molar-refractivity contribution in [2.75, 3.05) is 0 Å². The van der Waals surface area contributed by atoms with Crippen LogP contribution in [0.1, 0.15) is 113 Å². The van der Waals surface area contributed by atoms with Gasteiger partial charge in [0.2, 0.25) is 0 Å². The van der Waals surface area contributed by atoms with Gasteiger partial charge in [-0.3, -0.25) is 12.2 Å². The van der Waals surface area contributed by atoms with E-state index in [-0.39, 0.29) is 24.8 Å². The Kier molecular flexibility index (Phi) is 27.4. The van der Waals surface area contributed by atoms with Crippen molar-refractivity contribution in [3.63, 3.8) is 0 Å². The molecule has 0 atom stereocenters. The number of aryl methyl sites for hydroxylation is 4. The summed E-state index contributed by atoms with van der Waals surface area (Å²) in [5.41, 5.74) is 12.0. The van der Waals surface area contributed by atoms with E-state index < -0.39 is 0 Å². The number of hydrogen-bond acceptors (Lipinski definition) is 0. The quantitative estimate of drug-likeness (QED) is 0.198. The van der Waals surface area contributed by atoms with Gasteiger partial charge in [0.15, 0.2) is 0 Å². The zero-order valence-electron chi connectivity index (χ0n) is 33.5. The van der Waals surface area contributed by atoms with Crippen LogP contribution in [-0.4, -0.2) is 6.41 Å². The van der Waals surface area contributed by atoms with Crippen LogP contribution in [0.15, 0.2) is 133 Å². The maximum Gasteiger partial charge on any atom is -0.0512 e. The van der Waals surface area contributed by atoms with Crippen LogP contribution in [0.2, 0.25) is 0 Å². The first-order chi connectivity index (χ1) is 25.2. The maximum atomic E-state index is 3.14. The molecule has 0 nitrogen and oxygen atoms in total. The van der Waals surface area contributed by atoms with E-state index in [4.69, 9.17) is 0 Å². The van der Waals surface area contributed by atoms with Gasteiger partial charge in [-0.15, -0.1) is 12.8 Å². The van der Waals surface area contributed by atoms with Crippen LogP contribution < -0.4 is 24.8 Å². The smallest absolute Gasteiger partial charge is 0.0512 e. The summed E-state index contributed by atoms with van der Waals surface area (Å²) in [5.74, 6) is 1.37. The zero-order chi connectivity index (χ0) is 37.6. The Morgan fingerprint density at radius 2 is 0.889 bits per heavy atom. The SMILES string of the molecule is CC(C)C1=CC[C-]=C1.CC(C)C1=CC[C-]=C1.C[C](=[Zr+2])c1ccccc1.C[C](=[Zr+2])c1ccccc1.[Cl-].[Cl-].c1cc2c([cH-]1)CCCC2.c1cc2c([cH-]1)CCCC2. The average molecular weight is 914 g/mol. The topological polar surface area (TPSA) is 0 Å². The monoisotopic (exact) mass is 910 g/mol. The van der Waals surface area contributed by atoms with Gasteiger partial charge in [-0.1, -0.05) is 90.9 Å². The third kappa shape index (κ3) is 19.9. The predicted octanol–water partition coefficient (Wildman–Crippen LogP) is 6.79. The summed E-state index contributed by atoms with van der Waals surface area (Å²) in [5, 5.41) is 0. The molecule has 0 amide bonds. The van der Waals surface area contributed by atoms with Crippen molar-refractivity contribution >= 4 is 6.41 Å². The summed E-state index contributed by atoms with van der Waals surface area (Å²) in [6.07, 6.45) is 27.8. The number of benzene rings is 2. The van der Waals surface area contributed by atoms with E-state index in [1.165, 1.54) is 129 Å². The van der Waals surface area contributed by atoms with Gasteiger partial charge >= 0.3 is 141 Å². The van der Waals surface area contributed by atoms with Crippen molar-refractivity contribution < 1.29 is 73.3 Å². The summed E-state index contributed by atoms with van der Waals surface area (Å²) in [6, 6.07) is 34.3. The van der Waals surface area contributed by atoms with E-state index in [9.17, 15) is 0 Å². The number of halogens is 2. The molecule has 4 aromatic carbocycles. The zero-order valence-corrected chi connectivity index (χ0v) is 40.0. The Bertz CT molecular complexity index is 1560. The van der Waals surface area contributed by atoms with Crippen LogP contribution in [0.3, 0.4) is 0 Å². The molecule has 4 heteroatoms. The molecule has 0 N–H and O–H groups in total. The Morgan fingerprint density at radius 3 is 1.13 bits per heavy atom. The number of rotatable bonds is 4. The van der Waals surface area contributed by atoms with Gasteiger partial charge < -0.3 is 24.8 Å². The van der Waals surface area contributed by atoms with Crippen LogP contribution in [0.5, 0.6) is 0 Å². The Hall–Kier alpha value is -1.81. The third-order valence-corrected chi connectivity index (χ3v) is 10.9. The molecule has 4 aliphatic carbocycles. The summed E-state index contributed by atoms with van der Waals surface area (Å²) in [6.45, 7) is 13.1. The van der Waals surface area contributed by atoms with E-state index in [0.717, 1.165) is 12.8 Å². The summed E-state index contributed by atoms with van der Waals surface area (Å²) in [4.78, 5) is 0. The molecular formula is C50H60Cl2Zr2-2. The molecule has 0 unspecified atom stereocenters. The predicted molar refractivity (Wildman–Crippen MR) is 221 cm³/mol. The van der Waals surface area contributed by atoms with Gasteiger partial charge in [-0.2, -0.15) is 69.8 Å². The van der Waals surface area contributed by atoms with Crippen molar-refractivity contribution in [2.24, 2.45) is 11.8 Å². The van der Waals surface area contributed by atoms with Crippen LogP contribution in [0.25, 0.3) is 0 Å². The van der Waals surface area contributed by atoms with Crippen LogP contribution in [0, 0.1) is 24.0 Å². The molecule has 0 saturated carbocycles. The van der Waals surface area contributed by atoms with Crippen molar-refractivity contribution in [2.45, 2.75) is 106 Å². The van der Waals surface area contributed by atoms with E-state index in [1.54, 1.807) is 22.3 Å². The van der Waals surface area contributed by atoms with E-state index >= 15 is 0 Å². The van der Waals surface area contributed by atoms with Crippen molar-refractivity contribution in [1.29, 1.82) is 0 Å². The third-order valence-electron chi connectivity index (χ3n) is 9.49. The second kappa shape index (κ2) is 29.4. The molecule has 4 aliphatic rings. The number of allylic oxidation sites excluding steroid dienone is 8. The largest absolute Gasteiger partial charge is 1.00 e. The molecule has 0 spiro atoms. The maximum absolute atomic E-state index is 3.14. The van der Waals surface area contributed by atoms with E-state index in [0.29, 0.717) is 11.8 Å². The fourth-order valence-electron chi connectivity index (χ4n) is 6.23. The minimum atomic E-state index is 0.